The van der Waals surface area contributed by atoms with Gasteiger partial charge in [-0.1, -0.05) is 6.92 Å². The maximum absolute atomic E-state index is 9.06. The van der Waals surface area contributed by atoms with Gasteiger partial charge >= 0.3 is 0 Å². The van der Waals surface area contributed by atoms with Crippen molar-refractivity contribution < 1.29 is 10.2 Å². The van der Waals surface area contributed by atoms with Crippen LogP contribution in [0.15, 0.2) is 0 Å². The Bertz CT molecular complexity index is 176. The summed E-state index contributed by atoms with van der Waals surface area (Å²) < 4.78 is 0. The van der Waals surface area contributed by atoms with E-state index in [1.54, 1.807) is 0 Å². The van der Waals surface area contributed by atoms with Crippen LogP contribution in [0, 0.1) is 5.92 Å². The average Bonchev–Trinajstić information content (AvgIpc) is 2.30. The van der Waals surface area contributed by atoms with Gasteiger partial charge in [-0.3, -0.25) is 0 Å². The van der Waals surface area contributed by atoms with E-state index in [9.17, 15) is 0 Å². The van der Waals surface area contributed by atoms with Crippen molar-refractivity contribution >= 4 is 0 Å². The minimum Gasteiger partial charge on any atom is -0.396 e. The van der Waals surface area contributed by atoms with Crippen molar-refractivity contribution in [3.8, 4) is 0 Å². The number of rotatable bonds is 8. The predicted molar refractivity (Wildman–Crippen MR) is 70.0 cm³/mol. The molecule has 0 aromatic carbocycles. The van der Waals surface area contributed by atoms with Crippen LogP contribution in [0.4, 0.5) is 0 Å². The number of hydrogen-bond donors (Lipinski definition) is 3. The van der Waals surface area contributed by atoms with Gasteiger partial charge in [0, 0.05) is 32.3 Å². The molecule has 1 aliphatic rings. The summed E-state index contributed by atoms with van der Waals surface area (Å²) in [5, 5.41) is 21.4. The molecule has 2 atom stereocenters. The number of nitrogens with one attached hydrogen (secondary N) is 1. The van der Waals surface area contributed by atoms with E-state index in [4.69, 9.17) is 10.2 Å². The summed E-state index contributed by atoms with van der Waals surface area (Å²) in [6.07, 6.45) is 4.09. The van der Waals surface area contributed by atoms with Gasteiger partial charge < -0.3 is 20.4 Å². The van der Waals surface area contributed by atoms with Crippen molar-refractivity contribution in [1.29, 1.82) is 0 Å². The number of likely N-dealkylation sites (tertiary alicyclic amines) is 1. The molecule has 3 N–H and O–H groups in total. The SMILES string of the molecule is CCCN1CC(CCO)CC(NCCCO)C1. The zero-order valence-electron chi connectivity index (χ0n) is 11.1. The second-order valence-corrected chi connectivity index (χ2v) is 5.10. The first-order valence-corrected chi connectivity index (χ1v) is 6.97. The molecular weight excluding hydrogens is 216 g/mol. The number of hydrogen-bond acceptors (Lipinski definition) is 4. The molecule has 0 radical (unpaired) electrons. The largest absolute Gasteiger partial charge is 0.396 e. The van der Waals surface area contributed by atoms with E-state index in [2.05, 4.69) is 17.1 Å². The van der Waals surface area contributed by atoms with Crippen molar-refractivity contribution in [2.24, 2.45) is 5.92 Å². The molecule has 0 saturated carbocycles. The molecule has 4 heteroatoms. The lowest BCUT2D eigenvalue weighted by Crippen LogP contribution is -2.49. The molecule has 1 saturated heterocycles. The van der Waals surface area contributed by atoms with Gasteiger partial charge in [-0.2, -0.15) is 0 Å². The lowest BCUT2D eigenvalue weighted by atomic mass is 9.91. The first-order chi connectivity index (χ1) is 8.30. The molecule has 0 spiro atoms. The van der Waals surface area contributed by atoms with Crippen molar-refractivity contribution in [3.05, 3.63) is 0 Å². The van der Waals surface area contributed by atoms with E-state index in [0.29, 0.717) is 18.6 Å². The maximum Gasteiger partial charge on any atom is 0.0443 e. The highest BCUT2D eigenvalue weighted by molar-refractivity contribution is 4.83. The molecule has 102 valence electrons. The van der Waals surface area contributed by atoms with Gasteiger partial charge in [0.2, 0.25) is 0 Å². The summed E-state index contributed by atoms with van der Waals surface area (Å²) in [6, 6.07) is 0.526. The third kappa shape index (κ3) is 5.82. The van der Waals surface area contributed by atoms with Gasteiger partial charge in [0.25, 0.3) is 0 Å². The Balaban J connectivity index is 2.35. The zero-order valence-corrected chi connectivity index (χ0v) is 11.1. The third-order valence-electron chi connectivity index (χ3n) is 3.46. The van der Waals surface area contributed by atoms with Gasteiger partial charge in [0.15, 0.2) is 0 Å². The van der Waals surface area contributed by atoms with Gasteiger partial charge in [-0.15, -0.1) is 0 Å². The van der Waals surface area contributed by atoms with E-state index < -0.39 is 0 Å². The number of aliphatic hydroxyl groups excluding tert-OH is 2. The van der Waals surface area contributed by atoms with E-state index in [-0.39, 0.29) is 6.61 Å². The lowest BCUT2D eigenvalue weighted by Gasteiger charge is -2.38. The first kappa shape index (κ1) is 14.9. The molecule has 1 aliphatic heterocycles. The standard InChI is InChI=1S/C13H28N2O2/c1-2-6-15-10-12(4-8-17)9-13(11-15)14-5-3-7-16/h12-14,16-17H,2-11H2,1H3. The van der Waals surface area contributed by atoms with Gasteiger partial charge in [-0.25, -0.2) is 0 Å². The topological polar surface area (TPSA) is 55.7 Å². The normalized spacial score (nSPS) is 26.3. The highest BCUT2D eigenvalue weighted by Crippen LogP contribution is 2.20. The molecule has 4 nitrogen and oxygen atoms in total. The van der Waals surface area contributed by atoms with Gasteiger partial charge in [-0.05, 0) is 44.7 Å². The zero-order chi connectivity index (χ0) is 12.5. The quantitative estimate of drug-likeness (QED) is 0.542. The Morgan fingerprint density at radius 1 is 1.24 bits per heavy atom. The van der Waals surface area contributed by atoms with E-state index >= 15 is 0 Å². The smallest absolute Gasteiger partial charge is 0.0443 e. The van der Waals surface area contributed by atoms with Crippen molar-refractivity contribution in [2.75, 3.05) is 39.4 Å². The third-order valence-corrected chi connectivity index (χ3v) is 3.46. The van der Waals surface area contributed by atoms with Crippen LogP contribution in [-0.2, 0) is 0 Å². The Kier molecular flexibility index (Phi) is 7.77. The molecule has 0 aliphatic carbocycles. The summed E-state index contributed by atoms with van der Waals surface area (Å²) >= 11 is 0. The summed E-state index contributed by atoms with van der Waals surface area (Å²) in [4.78, 5) is 2.50. The van der Waals surface area contributed by atoms with E-state index in [1.165, 1.54) is 6.42 Å². The lowest BCUT2D eigenvalue weighted by molar-refractivity contribution is 0.120. The average molecular weight is 244 g/mol. The minimum atomic E-state index is 0.262. The van der Waals surface area contributed by atoms with Crippen molar-refractivity contribution in [1.82, 2.24) is 10.2 Å². The van der Waals surface area contributed by atoms with Crippen LogP contribution >= 0.6 is 0 Å². The summed E-state index contributed by atoms with van der Waals surface area (Å²) in [5.41, 5.74) is 0. The molecule has 0 aromatic rings. The van der Waals surface area contributed by atoms with Crippen LogP contribution in [0.25, 0.3) is 0 Å². The van der Waals surface area contributed by atoms with Crippen LogP contribution in [0.3, 0.4) is 0 Å². The van der Waals surface area contributed by atoms with Gasteiger partial charge in [0.1, 0.15) is 0 Å². The van der Waals surface area contributed by atoms with Crippen LogP contribution in [0.5, 0.6) is 0 Å². The van der Waals surface area contributed by atoms with Crippen LogP contribution in [-0.4, -0.2) is 60.5 Å². The second-order valence-electron chi connectivity index (χ2n) is 5.10. The molecule has 0 amide bonds. The highest BCUT2D eigenvalue weighted by atomic mass is 16.3. The van der Waals surface area contributed by atoms with Crippen molar-refractivity contribution in [2.45, 2.75) is 38.6 Å². The molecule has 17 heavy (non-hydrogen) atoms. The molecule has 0 aromatic heterocycles. The summed E-state index contributed by atoms with van der Waals surface area (Å²) in [5.74, 6) is 0.618. The number of nitrogens with zero attached hydrogens (tertiary/aromatic N) is 1. The van der Waals surface area contributed by atoms with Crippen LogP contribution < -0.4 is 5.32 Å². The summed E-state index contributed by atoms with van der Waals surface area (Å²) in [6.45, 7) is 7.07. The predicted octanol–water partition coefficient (Wildman–Crippen LogP) is 0.441. The van der Waals surface area contributed by atoms with Crippen molar-refractivity contribution in [3.63, 3.8) is 0 Å². The van der Waals surface area contributed by atoms with Gasteiger partial charge in [0.05, 0.1) is 0 Å². The van der Waals surface area contributed by atoms with Crippen LogP contribution in [0.1, 0.15) is 32.6 Å². The number of aliphatic hydroxyl groups is 2. The Labute approximate surface area is 105 Å². The highest BCUT2D eigenvalue weighted by Gasteiger charge is 2.25. The molecule has 2 unspecified atom stereocenters. The first-order valence-electron chi connectivity index (χ1n) is 6.97. The summed E-state index contributed by atoms with van der Waals surface area (Å²) in [7, 11) is 0. The number of piperidine rings is 1. The Morgan fingerprint density at radius 3 is 2.71 bits per heavy atom. The Morgan fingerprint density at radius 2 is 2.06 bits per heavy atom. The van der Waals surface area contributed by atoms with E-state index in [1.807, 2.05) is 0 Å². The minimum absolute atomic E-state index is 0.262. The fourth-order valence-electron chi connectivity index (χ4n) is 2.73. The second kappa shape index (κ2) is 8.86. The van der Waals surface area contributed by atoms with Crippen LogP contribution in [0.2, 0.25) is 0 Å². The fourth-order valence-corrected chi connectivity index (χ4v) is 2.73. The monoisotopic (exact) mass is 244 g/mol. The molecular formula is C13H28N2O2. The molecule has 1 fully saturated rings. The molecule has 1 heterocycles. The Hall–Kier alpha value is -0.160. The fraction of sp³-hybridized carbons (Fsp3) is 1.00. The molecule has 0 bridgehead atoms. The molecule has 1 rings (SSSR count). The maximum atomic E-state index is 9.06. The van der Waals surface area contributed by atoms with E-state index in [0.717, 1.165) is 45.4 Å².